The van der Waals surface area contributed by atoms with Crippen LogP contribution in [0.1, 0.15) is 19.4 Å². The van der Waals surface area contributed by atoms with Gasteiger partial charge in [-0.05, 0) is 38.5 Å². The summed E-state index contributed by atoms with van der Waals surface area (Å²) in [5.41, 5.74) is 6.23. The van der Waals surface area contributed by atoms with Crippen molar-refractivity contribution in [3.05, 3.63) is 29.8 Å². The number of carbonyl (C=O) groups is 1. The SMILES string of the molecule is Cc1cccc(OCC(=O)NC(C)(C)CN)c1.Cl. The van der Waals surface area contributed by atoms with Gasteiger partial charge in [0, 0.05) is 12.1 Å². The lowest BCUT2D eigenvalue weighted by molar-refractivity contribution is -0.124. The van der Waals surface area contributed by atoms with E-state index < -0.39 is 5.54 Å². The van der Waals surface area contributed by atoms with Crippen LogP contribution in [-0.4, -0.2) is 24.6 Å². The Morgan fingerprint density at radius 3 is 2.67 bits per heavy atom. The Morgan fingerprint density at radius 1 is 1.44 bits per heavy atom. The Morgan fingerprint density at radius 2 is 2.11 bits per heavy atom. The van der Waals surface area contributed by atoms with Crippen LogP contribution in [-0.2, 0) is 4.79 Å². The van der Waals surface area contributed by atoms with Crippen LogP contribution in [0.25, 0.3) is 0 Å². The lowest BCUT2D eigenvalue weighted by Gasteiger charge is -2.24. The summed E-state index contributed by atoms with van der Waals surface area (Å²) in [5, 5.41) is 2.80. The van der Waals surface area contributed by atoms with Crippen LogP contribution in [0.3, 0.4) is 0 Å². The first-order valence-corrected chi connectivity index (χ1v) is 5.63. The summed E-state index contributed by atoms with van der Waals surface area (Å²) in [7, 11) is 0. The predicted octanol–water partition coefficient (Wildman–Crippen LogP) is 1.65. The average Bonchev–Trinajstić information content (AvgIpc) is 2.26. The minimum Gasteiger partial charge on any atom is -0.484 e. The van der Waals surface area contributed by atoms with E-state index in [1.54, 1.807) is 0 Å². The van der Waals surface area contributed by atoms with Gasteiger partial charge in [-0.15, -0.1) is 12.4 Å². The monoisotopic (exact) mass is 272 g/mol. The van der Waals surface area contributed by atoms with Crippen LogP contribution in [0.15, 0.2) is 24.3 Å². The molecule has 1 amide bonds. The zero-order chi connectivity index (χ0) is 12.9. The van der Waals surface area contributed by atoms with Gasteiger partial charge in [-0.25, -0.2) is 0 Å². The van der Waals surface area contributed by atoms with Gasteiger partial charge >= 0.3 is 0 Å². The number of aryl methyl sites for hydroxylation is 1. The molecule has 0 aliphatic carbocycles. The van der Waals surface area contributed by atoms with Gasteiger partial charge in [0.2, 0.25) is 0 Å². The molecule has 0 spiro atoms. The van der Waals surface area contributed by atoms with Gasteiger partial charge in [-0.1, -0.05) is 12.1 Å². The molecular weight excluding hydrogens is 252 g/mol. The number of nitrogens with two attached hydrogens (primary N) is 1. The summed E-state index contributed by atoms with van der Waals surface area (Å²) in [5.74, 6) is 0.535. The van der Waals surface area contributed by atoms with E-state index in [0.29, 0.717) is 12.3 Å². The smallest absolute Gasteiger partial charge is 0.258 e. The lowest BCUT2D eigenvalue weighted by Crippen LogP contribution is -2.50. The highest BCUT2D eigenvalue weighted by molar-refractivity contribution is 5.85. The van der Waals surface area contributed by atoms with Crippen molar-refractivity contribution in [2.24, 2.45) is 5.73 Å². The number of ether oxygens (including phenoxy) is 1. The number of benzene rings is 1. The fourth-order valence-corrected chi connectivity index (χ4v) is 1.32. The minimum atomic E-state index is -0.396. The van der Waals surface area contributed by atoms with Gasteiger partial charge in [0.1, 0.15) is 5.75 Å². The third-order valence-corrected chi connectivity index (χ3v) is 2.35. The molecule has 0 heterocycles. The van der Waals surface area contributed by atoms with E-state index in [2.05, 4.69) is 5.32 Å². The third-order valence-electron chi connectivity index (χ3n) is 2.35. The van der Waals surface area contributed by atoms with E-state index in [0.717, 1.165) is 5.56 Å². The fourth-order valence-electron chi connectivity index (χ4n) is 1.32. The zero-order valence-electron chi connectivity index (χ0n) is 11.0. The van der Waals surface area contributed by atoms with Crippen molar-refractivity contribution in [1.82, 2.24) is 5.32 Å². The third kappa shape index (κ3) is 5.89. The molecule has 1 aromatic rings. The molecule has 0 saturated carbocycles. The molecule has 5 heteroatoms. The van der Waals surface area contributed by atoms with Crippen LogP contribution in [0.4, 0.5) is 0 Å². The summed E-state index contributed by atoms with van der Waals surface area (Å²) < 4.78 is 5.39. The van der Waals surface area contributed by atoms with E-state index >= 15 is 0 Å². The quantitative estimate of drug-likeness (QED) is 0.857. The van der Waals surface area contributed by atoms with E-state index in [1.807, 2.05) is 45.0 Å². The number of amides is 1. The molecule has 0 aromatic heterocycles. The molecule has 0 fully saturated rings. The van der Waals surface area contributed by atoms with Crippen molar-refractivity contribution >= 4 is 18.3 Å². The summed E-state index contributed by atoms with van der Waals surface area (Å²) in [6.07, 6.45) is 0. The number of carbonyl (C=O) groups excluding carboxylic acids is 1. The first-order chi connectivity index (χ1) is 7.93. The van der Waals surface area contributed by atoms with E-state index in [4.69, 9.17) is 10.5 Å². The first kappa shape index (κ1) is 16.7. The van der Waals surface area contributed by atoms with Crippen molar-refractivity contribution in [3.8, 4) is 5.75 Å². The van der Waals surface area contributed by atoms with Crippen molar-refractivity contribution in [1.29, 1.82) is 0 Å². The molecule has 0 bridgehead atoms. The lowest BCUT2D eigenvalue weighted by atomic mass is 10.1. The normalized spacial score (nSPS) is 10.4. The van der Waals surface area contributed by atoms with Crippen LogP contribution in [0.5, 0.6) is 5.75 Å². The highest BCUT2D eigenvalue weighted by Gasteiger charge is 2.18. The predicted molar refractivity (Wildman–Crippen MR) is 75.2 cm³/mol. The Bertz CT molecular complexity index is 394. The van der Waals surface area contributed by atoms with E-state index in [9.17, 15) is 4.79 Å². The molecule has 0 atom stereocenters. The fraction of sp³-hybridized carbons (Fsp3) is 0.462. The topological polar surface area (TPSA) is 64.3 Å². The average molecular weight is 273 g/mol. The van der Waals surface area contributed by atoms with Crippen LogP contribution >= 0.6 is 12.4 Å². The molecule has 1 aromatic carbocycles. The standard InChI is InChI=1S/C13H20N2O2.ClH/c1-10-5-4-6-11(7-10)17-8-12(16)15-13(2,3)9-14;/h4-7H,8-9,14H2,1-3H3,(H,15,16);1H. The number of rotatable bonds is 5. The van der Waals surface area contributed by atoms with Gasteiger partial charge in [-0.3, -0.25) is 4.79 Å². The van der Waals surface area contributed by atoms with Crippen LogP contribution < -0.4 is 15.8 Å². The molecule has 18 heavy (non-hydrogen) atoms. The van der Waals surface area contributed by atoms with Crippen molar-refractivity contribution in [2.45, 2.75) is 26.3 Å². The van der Waals surface area contributed by atoms with Crippen molar-refractivity contribution in [3.63, 3.8) is 0 Å². The van der Waals surface area contributed by atoms with E-state index in [1.165, 1.54) is 0 Å². The number of nitrogens with one attached hydrogen (secondary N) is 1. The van der Waals surface area contributed by atoms with Crippen molar-refractivity contribution < 1.29 is 9.53 Å². The Kier molecular flexibility index (Phi) is 6.73. The van der Waals surface area contributed by atoms with Gasteiger partial charge in [0.25, 0.3) is 5.91 Å². The van der Waals surface area contributed by atoms with Crippen LogP contribution in [0.2, 0.25) is 0 Å². The molecule has 0 radical (unpaired) electrons. The van der Waals surface area contributed by atoms with Gasteiger partial charge in [0.15, 0.2) is 6.61 Å². The molecule has 1 rings (SSSR count). The van der Waals surface area contributed by atoms with Gasteiger partial charge in [0.05, 0.1) is 0 Å². The molecular formula is C13H21ClN2O2. The molecule has 0 unspecified atom stereocenters. The number of halogens is 1. The minimum absolute atomic E-state index is 0. The molecule has 3 N–H and O–H groups in total. The Balaban J connectivity index is 0.00000289. The summed E-state index contributed by atoms with van der Waals surface area (Å²) in [6.45, 7) is 6.12. The first-order valence-electron chi connectivity index (χ1n) is 5.63. The second kappa shape index (κ2) is 7.24. The summed E-state index contributed by atoms with van der Waals surface area (Å²) in [6, 6.07) is 7.59. The van der Waals surface area contributed by atoms with E-state index in [-0.39, 0.29) is 24.9 Å². The molecule has 0 aliphatic rings. The molecule has 0 aliphatic heterocycles. The summed E-state index contributed by atoms with van der Waals surface area (Å²) >= 11 is 0. The van der Waals surface area contributed by atoms with Crippen LogP contribution in [0, 0.1) is 6.92 Å². The molecule has 0 saturated heterocycles. The maximum Gasteiger partial charge on any atom is 0.258 e. The highest BCUT2D eigenvalue weighted by atomic mass is 35.5. The maximum absolute atomic E-state index is 11.6. The Hall–Kier alpha value is -1.26. The highest BCUT2D eigenvalue weighted by Crippen LogP contribution is 2.12. The maximum atomic E-state index is 11.6. The molecule has 102 valence electrons. The molecule has 4 nitrogen and oxygen atoms in total. The van der Waals surface area contributed by atoms with Gasteiger partial charge < -0.3 is 15.8 Å². The largest absolute Gasteiger partial charge is 0.484 e. The van der Waals surface area contributed by atoms with Gasteiger partial charge in [-0.2, -0.15) is 0 Å². The summed E-state index contributed by atoms with van der Waals surface area (Å²) in [4.78, 5) is 11.6. The number of hydrogen-bond donors (Lipinski definition) is 2. The van der Waals surface area contributed by atoms with Crippen molar-refractivity contribution in [2.75, 3.05) is 13.2 Å². The Labute approximate surface area is 114 Å². The second-order valence-electron chi connectivity index (χ2n) is 4.74. The number of hydrogen-bond acceptors (Lipinski definition) is 3. The zero-order valence-corrected chi connectivity index (χ0v) is 11.8. The second-order valence-corrected chi connectivity index (χ2v) is 4.74.